The maximum Gasteiger partial charge on any atom is 0.281 e. The number of aromatic nitrogens is 1. The molecule has 2 heterocycles. The van der Waals surface area contributed by atoms with Crippen molar-refractivity contribution < 1.29 is 14.4 Å². The Labute approximate surface area is 87.6 Å². The Morgan fingerprint density at radius 2 is 2.53 bits per heavy atom. The summed E-state index contributed by atoms with van der Waals surface area (Å²) in [6.45, 7) is 1.23. The molecule has 1 aromatic rings. The minimum absolute atomic E-state index is 0.174. The number of carbonyl (C=O) groups is 1. The fourth-order valence-electron chi connectivity index (χ4n) is 1.46. The summed E-state index contributed by atoms with van der Waals surface area (Å²) >= 11 is 0. The molecule has 0 aromatic carbocycles. The van der Waals surface area contributed by atoms with E-state index < -0.39 is 0 Å². The standard InChI is InChI=1S/C10H12N2O3/c1-14-9-7-11-4-3-8(9)10(13)12-5-2-6-15-12/h3-4,7H,2,5-6H2,1H3. The number of nitrogens with zero attached hydrogens (tertiary/aromatic N) is 2. The van der Waals surface area contributed by atoms with Gasteiger partial charge in [0.1, 0.15) is 5.75 Å². The second-order valence-corrected chi connectivity index (χ2v) is 3.17. The molecule has 0 aliphatic carbocycles. The van der Waals surface area contributed by atoms with Crippen LogP contribution in [0.25, 0.3) is 0 Å². The van der Waals surface area contributed by atoms with E-state index in [0.29, 0.717) is 24.5 Å². The Balaban J connectivity index is 2.24. The van der Waals surface area contributed by atoms with Gasteiger partial charge in [-0.3, -0.25) is 14.6 Å². The van der Waals surface area contributed by atoms with E-state index in [1.807, 2.05) is 0 Å². The maximum atomic E-state index is 11.9. The molecule has 0 radical (unpaired) electrons. The number of amides is 1. The van der Waals surface area contributed by atoms with Gasteiger partial charge in [0.15, 0.2) is 0 Å². The van der Waals surface area contributed by atoms with Crippen molar-refractivity contribution in [3.05, 3.63) is 24.0 Å². The van der Waals surface area contributed by atoms with E-state index in [4.69, 9.17) is 9.57 Å². The van der Waals surface area contributed by atoms with Crippen molar-refractivity contribution in [1.82, 2.24) is 10.0 Å². The van der Waals surface area contributed by atoms with Crippen molar-refractivity contribution in [1.29, 1.82) is 0 Å². The molecule has 0 bridgehead atoms. The summed E-state index contributed by atoms with van der Waals surface area (Å²) in [5.74, 6) is 0.296. The number of carbonyl (C=O) groups excluding carboxylic acids is 1. The molecule has 1 amide bonds. The molecule has 1 saturated heterocycles. The van der Waals surface area contributed by atoms with Crippen LogP contribution in [0.3, 0.4) is 0 Å². The lowest BCUT2D eigenvalue weighted by molar-refractivity contribution is -0.0769. The third kappa shape index (κ3) is 1.92. The molecule has 80 valence electrons. The highest BCUT2D eigenvalue weighted by Crippen LogP contribution is 2.19. The first-order chi connectivity index (χ1) is 7.33. The Hall–Kier alpha value is -1.62. The van der Waals surface area contributed by atoms with Crippen LogP contribution in [0.5, 0.6) is 5.75 Å². The monoisotopic (exact) mass is 208 g/mol. The summed E-state index contributed by atoms with van der Waals surface area (Å²) in [5.41, 5.74) is 0.481. The van der Waals surface area contributed by atoms with Gasteiger partial charge in [-0.1, -0.05) is 0 Å². The summed E-state index contributed by atoms with van der Waals surface area (Å²) in [6, 6.07) is 1.63. The Kier molecular flexibility index (Phi) is 2.82. The Bertz CT molecular complexity index is 361. The van der Waals surface area contributed by atoms with Crippen LogP contribution < -0.4 is 4.74 Å². The van der Waals surface area contributed by atoms with Crippen LogP contribution in [0, 0.1) is 0 Å². The molecule has 15 heavy (non-hydrogen) atoms. The number of hydrogen-bond acceptors (Lipinski definition) is 4. The van der Waals surface area contributed by atoms with E-state index in [2.05, 4.69) is 4.98 Å². The molecule has 0 N–H and O–H groups in total. The zero-order chi connectivity index (χ0) is 10.7. The number of ether oxygens (including phenoxy) is 1. The van der Waals surface area contributed by atoms with E-state index in [1.165, 1.54) is 18.4 Å². The van der Waals surface area contributed by atoms with Gasteiger partial charge in [0.05, 0.1) is 32.0 Å². The molecular weight excluding hydrogens is 196 g/mol. The minimum atomic E-state index is -0.174. The molecule has 0 saturated carbocycles. The molecule has 0 unspecified atom stereocenters. The molecule has 1 aliphatic heterocycles. The van der Waals surface area contributed by atoms with Gasteiger partial charge in [-0.2, -0.15) is 0 Å². The lowest BCUT2D eigenvalue weighted by Crippen LogP contribution is -2.26. The highest BCUT2D eigenvalue weighted by atomic mass is 16.7. The van der Waals surface area contributed by atoms with Gasteiger partial charge < -0.3 is 4.74 Å². The van der Waals surface area contributed by atoms with Crippen LogP contribution in [0.2, 0.25) is 0 Å². The van der Waals surface area contributed by atoms with Gasteiger partial charge >= 0.3 is 0 Å². The Morgan fingerprint density at radius 3 is 3.20 bits per heavy atom. The number of rotatable bonds is 2. The zero-order valence-corrected chi connectivity index (χ0v) is 8.47. The molecule has 1 fully saturated rings. The predicted octanol–water partition coefficient (Wildman–Crippen LogP) is 0.868. The average molecular weight is 208 g/mol. The molecule has 2 rings (SSSR count). The van der Waals surface area contributed by atoms with Crippen LogP contribution in [0.1, 0.15) is 16.8 Å². The number of pyridine rings is 1. The van der Waals surface area contributed by atoms with Gasteiger partial charge in [-0.05, 0) is 12.5 Å². The lowest BCUT2D eigenvalue weighted by Gasteiger charge is -2.15. The first-order valence-electron chi connectivity index (χ1n) is 4.75. The summed E-state index contributed by atoms with van der Waals surface area (Å²) in [6.07, 6.45) is 3.95. The quantitative estimate of drug-likeness (QED) is 0.723. The van der Waals surface area contributed by atoms with E-state index >= 15 is 0 Å². The van der Waals surface area contributed by atoms with Crippen molar-refractivity contribution in [2.75, 3.05) is 20.3 Å². The molecule has 1 aromatic heterocycles. The van der Waals surface area contributed by atoms with E-state index in [9.17, 15) is 4.79 Å². The molecule has 0 atom stereocenters. The number of methoxy groups -OCH3 is 1. The van der Waals surface area contributed by atoms with Crippen molar-refractivity contribution >= 4 is 5.91 Å². The first kappa shape index (κ1) is 9.92. The zero-order valence-electron chi connectivity index (χ0n) is 8.47. The van der Waals surface area contributed by atoms with Crippen molar-refractivity contribution in [3.63, 3.8) is 0 Å². The maximum absolute atomic E-state index is 11.9. The SMILES string of the molecule is COc1cnccc1C(=O)N1CCCO1. The third-order valence-electron chi connectivity index (χ3n) is 2.21. The molecule has 0 spiro atoms. The van der Waals surface area contributed by atoms with Crippen LogP contribution in [-0.4, -0.2) is 36.2 Å². The predicted molar refractivity (Wildman–Crippen MR) is 52.4 cm³/mol. The van der Waals surface area contributed by atoms with Gasteiger partial charge in [0.2, 0.25) is 0 Å². The molecule has 5 nitrogen and oxygen atoms in total. The smallest absolute Gasteiger partial charge is 0.281 e. The van der Waals surface area contributed by atoms with Crippen LogP contribution >= 0.6 is 0 Å². The van der Waals surface area contributed by atoms with Crippen LogP contribution in [0.4, 0.5) is 0 Å². The fourth-order valence-corrected chi connectivity index (χ4v) is 1.46. The van der Waals surface area contributed by atoms with Crippen LogP contribution in [0.15, 0.2) is 18.5 Å². The van der Waals surface area contributed by atoms with Gasteiger partial charge in [-0.25, -0.2) is 5.06 Å². The summed E-state index contributed by atoms with van der Waals surface area (Å²) in [4.78, 5) is 21.0. The highest BCUT2D eigenvalue weighted by molar-refractivity contribution is 5.96. The van der Waals surface area contributed by atoms with E-state index in [1.54, 1.807) is 12.3 Å². The minimum Gasteiger partial charge on any atom is -0.494 e. The number of hydroxylamine groups is 2. The van der Waals surface area contributed by atoms with Gasteiger partial charge in [0.25, 0.3) is 5.91 Å². The van der Waals surface area contributed by atoms with E-state index in [0.717, 1.165) is 6.42 Å². The topological polar surface area (TPSA) is 51.7 Å². The van der Waals surface area contributed by atoms with Crippen LogP contribution in [-0.2, 0) is 4.84 Å². The van der Waals surface area contributed by atoms with E-state index in [-0.39, 0.29) is 5.91 Å². The summed E-state index contributed by atoms with van der Waals surface area (Å²) < 4.78 is 5.06. The second kappa shape index (κ2) is 4.27. The fraction of sp³-hybridized carbons (Fsp3) is 0.400. The normalized spacial score (nSPS) is 15.4. The number of hydrogen-bond donors (Lipinski definition) is 0. The van der Waals surface area contributed by atoms with Crippen molar-refractivity contribution in [2.24, 2.45) is 0 Å². The average Bonchev–Trinajstić information content (AvgIpc) is 2.81. The van der Waals surface area contributed by atoms with Gasteiger partial charge in [0, 0.05) is 6.20 Å². The Morgan fingerprint density at radius 1 is 1.67 bits per heavy atom. The summed E-state index contributed by atoms with van der Waals surface area (Å²) in [5, 5.41) is 1.36. The largest absolute Gasteiger partial charge is 0.494 e. The first-order valence-corrected chi connectivity index (χ1v) is 4.75. The second-order valence-electron chi connectivity index (χ2n) is 3.17. The third-order valence-corrected chi connectivity index (χ3v) is 2.21. The van der Waals surface area contributed by atoms with Gasteiger partial charge in [-0.15, -0.1) is 0 Å². The molecule has 5 heteroatoms. The highest BCUT2D eigenvalue weighted by Gasteiger charge is 2.23. The molecule has 1 aliphatic rings. The van der Waals surface area contributed by atoms with Crippen molar-refractivity contribution in [2.45, 2.75) is 6.42 Å². The van der Waals surface area contributed by atoms with Crippen molar-refractivity contribution in [3.8, 4) is 5.75 Å². The summed E-state index contributed by atoms with van der Waals surface area (Å²) in [7, 11) is 1.51. The molecular formula is C10H12N2O3. The lowest BCUT2D eigenvalue weighted by atomic mass is 10.2.